The molecule has 0 radical (unpaired) electrons. The van der Waals surface area contributed by atoms with Gasteiger partial charge in [-0.3, -0.25) is 0 Å². The Morgan fingerprint density at radius 2 is 1.55 bits per heavy atom. The largest absolute Gasteiger partial charge is 0.508 e. The van der Waals surface area contributed by atoms with Gasteiger partial charge in [0.15, 0.2) is 0 Å². The second-order valence-electron chi connectivity index (χ2n) is 14.1. The Balaban J connectivity index is 1.19. The topological polar surface area (TPSA) is 43.7 Å². The first-order valence-electron chi connectivity index (χ1n) is 16.4. The molecule has 4 rings (SSSR count). The SMILES string of the molecule is Cc1cc(O)cc2c1[C@H]1CC[C@]3(C)[C@@H](O)CC[C@H]3[C@@H]1[C@H](CCCCCN(C)CCCCCCCC(F)(F)C(F)(F)F)C2. The normalized spacial score (nSPS) is 29.4. The molecule has 8 heteroatoms. The van der Waals surface area contributed by atoms with Crippen LogP contribution in [0.5, 0.6) is 5.75 Å². The van der Waals surface area contributed by atoms with E-state index < -0.39 is 18.5 Å². The first-order chi connectivity index (χ1) is 19.7. The molecule has 3 nitrogen and oxygen atoms in total. The molecule has 42 heavy (non-hydrogen) atoms. The summed E-state index contributed by atoms with van der Waals surface area (Å²) in [5, 5.41) is 21.3. The average Bonchev–Trinajstić information content (AvgIpc) is 3.20. The Labute approximate surface area is 249 Å². The zero-order valence-corrected chi connectivity index (χ0v) is 25.8. The van der Waals surface area contributed by atoms with E-state index in [9.17, 15) is 32.2 Å². The average molecular weight is 602 g/mol. The number of fused-ring (bicyclic) bond motifs is 5. The number of alkyl halides is 5. The molecule has 0 saturated heterocycles. The molecule has 3 aliphatic carbocycles. The molecule has 0 spiro atoms. The summed E-state index contributed by atoms with van der Waals surface area (Å²) in [7, 11) is 2.09. The van der Waals surface area contributed by atoms with Crippen LogP contribution in [-0.2, 0) is 6.42 Å². The highest BCUT2D eigenvalue weighted by atomic mass is 19.4. The molecular formula is C34H52F5NO2. The zero-order chi connectivity index (χ0) is 30.7. The van der Waals surface area contributed by atoms with Crippen LogP contribution in [0.4, 0.5) is 22.0 Å². The number of hydrogen-bond donors (Lipinski definition) is 2. The quantitative estimate of drug-likeness (QED) is 0.165. The molecule has 0 aliphatic heterocycles. The van der Waals surface area contributed by atoms with E-state index in [1.807, 2.05) is 12.1 Å². The molecule has 1 aromatic carbocycles. The van der Waals surface area contributed by atoms with Gasteiger partial charge >= 0.3 is 12.1 Å². The number of phenolic OH excluding ortho intramolecular Hbond substituents is 1. The van der Waals surface area contributed by atoms with Crippen LogP contribution in [0.1, 0.15) is 119 Å². The Morgan fingerprint density at radius 3 is 2.24 bits per heavy atom. The summed E-state index contributed by atoms with van der Waals surface area (Å²) >= 11 is 0. The number of aliphatic hydroxyl groups excluding tert-OH is 1. The molecule has 6 atom stereocenters. The van der Waals surface area contributed by atoms with Crippen LogP contribution in [0.15, 0.2) is 12.1 Å². The van der Waals surface area contributed by atoms with Crippen LogP contribution < -0.4 is 0 Å². The number of rotatable bonds is 14. The summed E-state index contributed by atoms with van der Waals surface area (Å²) in [5.74, 6) is -1.95. The summed E-state index contributed by atoms with van der Waals surface area (Å²) in [5.41, 5.74) is 4.04. The standard InChI is InChI=1S/C34H52F5NO2/c1-23-20-26(41)22-25-21-24(31-27(30(23)25)15-17-32(2)28(31)13-14-29(32)42)12-8-7-11-19-40(3)18-10-6-4-5-9-16-33(35,36)34(37,38)39/h20,22,24,27-29,31,41-42H,4-19,21H2,1-3H3/t24-,27-,28+,29+,31-,32+/m1/s1. The molecular weight excluding hydrogens is 549 g/mol. The number of aromatic hydroxyl groups is 1. The third-order valence-corrected chi connectivity index (χ3v) is 11.2. The molecule has 0 amide bonds. The number of aliphatic hydroxyl groups is 1. The van der Waals surface area contributed by atoms with Crippen molar-refractivity contribution >= 4 is 0 Å². The Morgan fingerprint density at radius 1 is 0.905 bits per heavy atom. The zero-order valence-electron chi connectivity index (χ0n) is 25.8. The van der Waals surface area contributed by atoms with Crippen molar-refractivity contribution in [3.05, 3.63) is 28.8 Å². The molecule has 0 heterocycles. The smallest absolute Gasteiger partial charge is 0.453 e. The predicted molar refractivity (Wildman–Crippen MR) is 157 cm³/mol. The summed E-state index contributed by atoms with van der Waals surface area (Å²) < 4.78 is 62.7. The van der Waals surface area contributed by atoms with Gasteiger partial charge in [-0.15, -0.1) is 0 Å². The highest BCUT2D eigenvalue weighted by Crippen LogP contribution is 2.63. The fraction of sp³-hybridized carbons (Fsp3) is 0.824. The molecule has 3 aliphatic rings. The second-order valence-corrected chi connectivity index (χ2v) is 14.1. The van der Waals surface area contributed by atoms with Crippen molar-refractivity contribution in [2.45, 2.75) is 134 Å². The number of phenols is 1. The highest BCUT2D eigenvalue weighted by molar-refractivity contribution is 5.46. The van der Waals surface area contributed by atoms with Gasteiger partial charge in [0.2, 0.25) is 0 Å². The lowest BCUT2D eigenvalue weighted by Crippen LogP contribution is -2.47. The number of benzene rings is 1. The van der Waals surface area contributed by atoms with E-state index >= 15 is 0 Å². The maximum Gasteiger partial charge on any atom is 0.453 e. The van der Waals surface area contributed by atoms with E-state index in [-0.39, 0.29) is 17.9 Å². The number of hydrogen-bond acceptors (Lipinski definition) is 3. The third-order valence-electron chi connectivity index (χ3n) is 11.2. The summed E-state index contributed by atoms with van der Waals surface area (Å²) in [4.78, 5) is 2.29. The fourth-order valence-corrected chi connectivity index (χ4v) is 8.90. The summed E-state index contributed by atoms with van der Waals surface area (Å²) in [6, 6.07) is 3.92. The maximum absolute atomic E-state index is 13.0. The lowest BCUT2D eigenvalue weighted by atomic mass is 9.51. The van der Waals surface area contributed by atoms with E-state index in [1.54, 1.807) is 0 Å². The van der Waals surface area contributed by atoms with Crippen LogP contribution in [0.2, 0.25) is 0 Å². The number of unbranched alkanes of at least 4 members (excludes halogenated alkanes) is 6. The van der Waals surface area contributed by atoms with E-state index in [4.69, 9.17) is 0 Å². The van der Waals surface area contributed by atoms with Crippen molar-refractivity contribution in [1.29, 1.82) is 0 Å². The van der Waals surface area contributed by atoms with Crippen molar-refractivity contribution in [1.82, 2.24) is 4.90 Å². The number of nitrogens with zero attached hydrogens (tertiary/aromatic N) is 1. The van der Waals surface area contributed by atoms with Gasteiger partial charge in [0, 0.05) is 6.42 Å². The van der Waals surface area contributed by atoms with Gasteiger partial charge in [0.25, 0.3) is 0 Å². The van der Waals surface area contributed by atoms with Crippen molar-refractivity contribution in [2.24, 2.45) is 23.2 Å². The monoisotopic (exact) mass is 601 g/mol. The van der Waals surface area contributed by atoms with Gasteiger partial charge in [-0.2, -0.15) is 22.0 Å². The van der Waals surface area contributed by atoms with Gasteiger partial charge < -0.3 is 15.1 Å². The van der Waals surface area contributed by atoms with Crippen molar-refractivity contribution < 1.29 is 32.2 Å². The molecule has 0 aromatic heterocycles. The predicted octanol–water partition coefficient (Wildman–Crippen LogP) is 9.17. The van der Waals surface area contributed by atoms with Gasteiger partial charge in [0.05, 0.1) is 6.10 Å². The van der Waals surface area contributed by atoms with E-state index in [0.717, 1.165) is 70.9 Å². The third kappa shape index (κ3) is 7.44. The minimum atomic E-state index is -5.44. The minimum Gasteiger partial charge on any atom is -0.508 e. The van der Waals surface area contributed by atoms with E-state index in [1.165, 1.54) is 29.5 Å². The number of aryl methyl sites for hydroxylation is 1. The van der Waals surface area contributed by atoms with E-state index in [2.05, 4.69) is 25.8 Å². The Bertz CT molecular complexity index is 1030. The lowest BCUT2D eigenvalue weighted by molar-refractivity contribution is -0.284. The molecule has 2 fully saturated rings. The fourth-order valence-electron chi connectivity index (χ4n) is 8.90. The van der Waals surface area contributed by atoms with Crippen LogP contribution in [0, 0.1) is 30.1 Å². The van der Waals surface area contributed by atoms with Gasteiger partial charge in [-0.25, -0.2) is 0 Å². The molecule has 240 valence electrons. The van der Waals surface area contributed by atoms with Gasteiger partial charge in [-0.05, 0) is 143 Å². The van der Waals surface area contributed by atoms with E-state index in [0.29, 0.717) is 42.3 Å². The molecule has 2 saturated carbocycles. The molecule has 0 unspecified atom stereocenters. The lowest BCUT2D eigenvalue weighted by Gasteiger charge is -2.53. The van der Waals surface area contributed by atoms with Crippen LogP contribution in [-0.4, -0.2) is 53.5 Å². The van der Waals surface area contributed by atoms with Crippen molar-refractivity contribution in [2.75, 3.05) is 20.1 Å². The molecule has 1 aromatic rings. The molecule has 2 N–H and O–H groups in total. The Hall–Kier alpha value is -1.41. The van der Waals surface area contributed by atoms with Crippen LogP contribution >= 0.6 is 0 Å². The minimum absolute atomic E-state index is 0.0264. The van der Waals surface area contributed by atoms with Gasteiger partial charge in [0.1, 0.15) is 5.75 Å². The second kappa shape index (κ2) is 13.7. The van der Waals surface area contributed by atoms with Crippen molar-refractivity contribution in [3.63, 3.8) is 0 Å². The summed E-state index contributed by atoms with van der Waals surface area (Å²) in [6.07, 6.45) is 5.86. The van der Waals surface area contributed by atoms with Crippen LogP contribution in [0.25, 0.3) is 0 Å². The highest BCUT2D eigenvalue weighted by Gasteiger charge is 2.57. The molecule has 0 bridgehead atoms. The van der Waals surface area contributed by atoms with Crippen LogP contribution in [0.3, 0.4) is 0 Å². The Kier molecular flexibility index (Phi) is 10.9. The van der Waals surface area contributed by atoms with Gasteiger partial charge in [-0.1, -0.05) is 39.0 Å². The summed E-state index contributed by atoms with van der Waals surface area (Å²) in [6.45, 7) is 6.37. The first kappa shape index (κ1) is 33.5. The van der Waals surface area contributed by atoms with Crippen molar-refractivity contribution in [3.8, 4) is 5.75 Å². The number of halogens is 5. The maximum atomic E-state index is 13.0. The first-order valence-corrected chi connectivity index (χ1v) is 16.4.